The lowest BCUT2D eigenvalue weighted by Gasteiger charge is -2.39. The maximum absolute atomic E-state index is 15.2. The Morgan fingerprint density at radius 1 is 1.19 bits per heavy atom. The fourth-order valence-corrected chi connectivity index (χ4v) is 4.50. The van der Waals surface area contributed by atoms with Crippen LogP contribution in [0.1, 0.15) is 41.8 Å². The zero-order valence-electron chi connectivity index (χ0n) is 17.0. The number of hydrogen-bond acceptors (Lipinski definition) is 5. The van der Waals surface area contributed by atoms with Crippen LogP contribution in [-0.4, -0.2) is 53.9 Å². The van der Waals surface area contributed by atoms with Crippen LogP contribution in [0.15, 0.2) is 22.6 Å². The number of hydrogen-bond donors (Lipinski definition) is 3. The van der Waals surface area contributed by atoms with Crippen molar-refractivity contribution in [3.05, 3.63) is 29.5 Å². The molecule has 1 fully saturated rings. The molecule has 11 heteroatoms. The number of halogens is 5. The summed E-state index contributed by atoms with van der Waals surface area (Å²) in [6, 6.07) is 2.70. The number of aliphatic hydroxyl groups excluding tert-OH is 1. The van der Waals surface area contributed by atoms with E-state index in [1.807, 2.05) is 0 Å². The van der Waals surface area contributed by atoms with Crippen LogP contribution in [-0.2, 0) is 6.18 Å². The molecule has 2 aromatic rings. The van der Waals surface area contributed by atoms with E-state index in [9.17, 15) is 28.2 Å². The fraction of sp³-hybridized carbons (Fsp3) is 0.571. The third-order valence-corrected chi connectivity index (χ3v) is 6.39. The van der Waals surface area contributed by atoms with Crippen molar-refractivity contribution in [2.45, 2.75) is 43.4 Å². The van der Waals surface area contributed by atoms with E-state index in [1.165, 1.54) is 4.90 Å². The summed E-state index contributed by atoms with van der Waals surface area (Å²) < 4.78 is 75.6. The first-order chi connectivity index (χ1) is 14.9. The number of fused-ring (bicyclic) bond motifs is 3. The van der Waals surface area contributed by atoms with Crippen LogP contribution in [0.4, 0.5) is 27.6 Å². The van der Waals surface area contributed by atoms with Crippen LogP contribution in [0.25, 0.3) is 11.0 Å². The van der Waals surface area contributed by atoms with Crippen LogP contribution in [0.5, 0.6) is 0 Å². The average Bonchev–Trinajstić information content (AvgIpc) is 3.04. The summed E-state index contributed by atoms with van der Waals surface area (Å²) in [4.78, 5) is 13.6. The third kappa shape index (κ3) is 4.15. The molecule has 6 nitrogen and oxygen atoms in total. The molecule has 2 aliphatic rings. The molecule has 0 radical (unpaired) electrons. The van der Waals surface area contributed by atoms with Crippen molar-refractivity contribution in [3.8, 4) is 0 Å². The summed E-state index contributed by atoms with van der Waals surface area (Å²) in [5.41, 5.74) is -2.42. The molecular weight excluding hydrogens is 439 g/mol. The molecule has 2 heterocycles. The highest BCUT2D eigenvalue weighted by Gasteiger charge is 2.46. The molecular formula is C21H23F5N2O4. The van der Waals surface area contributed by atoms with E-state index in [0.717, 1.165) is 18.2 Å². The molecule has 176 valence electrons. The molecule has 4 rings (SSSR count). The van der Waals surface area contributed by atoms with Gasteiger partial charge in [-0.3, -0.25) is 4.79 Å². The van der Waals surface area contributed by atoms with Gasteiger partial charge in [0.05, 0.1) is 30.0 Å². The smallest absolute Gasteiger partial charge is 0.416 e. The minimum Gasteiger partial charge on any atom is -0.449 e. The number of carbonyl (C=O) groups excluding carboxylic acids is 1. The van der Waals surface area contributed by atoms with E-state index in [1.54, 1.807) is 0 Å². The molecule has 0 saturated heterocycles. The molecule has 0 bridgehead atoms. The quantitative estimate of drug-likeness (QED) is 0.606. The third-order valence-electron chi connectivity index (χ3n) is 6.39. The molecule has 1 saturated carbocycles. The zero-order chi connectivity index (χ0) is 23.3. The molecule has 1 aromatic heterocycles. The van der Waals surface area contributed by atoms with Crippen LogP contribution in [0.3, 0.4) is 0 Å². The molecule has 1 aromatic carbocycles. The Hall–Kier alpha value is -2.40. The SMILES string of the molecule is O=C1NCCN(CC(F)(F)C2CCC(O)(CO)CC2)c2c1oc1ccc(C(F)(F)F)cc21. The Balaban J connectivity index is 1.68. The fourth-order valence-electron chi connectivity index (χ4n) is 4.50. The number of amides is 1. The van der Waals surface area contributed by atoms with Crippen LogP contribution >= 0.6 is 0 Å². The highest BCUT2D eigenvalue weighted by molar-refractivity contribution is 6.07. The molecule has 0 spiro atoms. The van der Waals surface area contributed by atoms with Crippen LogP contribution in [0.2, 0.25) is 0 Å². The van der Waals surface area contributed by atoms with E-state index in [-0.39, 0.29) is 61.2 Å². The minimum absolute atomic E-state index is 0.000886. The van der Waals surface area contributed by atoms with Gasteiger partial charge < -0.3 is 24.8 Å². The van der Waals surface area contributed by atoms with Crippen molar-refractivity contribution in [2.24, 2.45) is 5.92 Å². The predicted molar refractivity (Wildman–Crippen MR) is 105 cm³/mol. The second kappa shape index (κ2) is 7.87. The van der Waals surface area contributed by atoms with Crippen molar-refractivity contribution in [3.63, 3.8) is 0 Å². The number of benzene rings is 1. The van der Waals surface area contributed by atoms with Gasteiger partial charge in [0.25, 0.3) is 11.8 Å². The number of carbonyl (C=O) groups is 1. The molecule has 1 aliphatic heterocycles. The van der Waals surface area contributed by atoms with Gasteiger partial charge in [0.15, 0.2) is 0 Å². The summed E-state index contributed by atoms with van der Waals surface area (Å²) in [5.74, 6) is -5.30. The lowest BCUT2D eigenvalue weighted by molar-refractivity contribution is -0.137. The van der Waals surface area contributed by atoms with Crippen molar-refractivity contribution < 1.29 is 41.4 Å². The Bertz CT molecular complexity index is 1010. The molecule has 0 atom stereocenters. The number of aliphatic hydroxyl groups is 2. The topological polar surface area (TPSA) is 85.9 Å². The first kappa shape index (κ1) is 22.8. The normalized spacial score (nSPS) is 24.9. The molecule has 0 unspecified atom stereocenters. The Morgan fingerprint density at radius 3 is 2.50 bits per heavy atom. The van der Waals surface area contributed by atoms with E-state index in [2.05, 4.69) is 5.32 Å². The average molecular weight is 462 g/mol. The highest BCUT2D eigenvalue weighted by atomic mass is 19.4. The van der Waals surface area contributed by atoms with E-state index in [4.69, 9.17) is 4.42 Å². The number of alkyl halides is 5. The number of furan rings is 1. The van der Waals surface area contributed by atoms with Gasteiger partial charge in [-0.05, 0) is 43.9 Å². The maximum Gasteiger partial charge on any atom is 0.416 e. The van der Waals surface area contributed by atoms with Gasteiger partial charge in [0, 0.05) is 24.4 Å². The van der Waals surface area contributed by atoms with E-state index < -0.39 is 48.2 Å². The van der Waals surface area contributed by atoms with E-state index in [0.29, 0.717) is 0 Å². The number of nitrogens with zero attached hydrogens (tertiary/aromatic N) is 1. The largest absolute Gasteiger partial charge is 0.449 e. The van der Waals surface area contributed by atoms with Gasteiger partial charge in [0.2, 0.25) is 5.76 Å². The summed E-state index contributed by atoms with van der Waals surface area (Å²) in [5, 5.41) is 21.8. The molecule has 3 N–H and O–H groups in total. The highest BCUT2D eigenvalue weighted by Crippen LogP contribution is 2.44. The van der Waals surface area contributed by atoms with Crippen molar-refractivity contribution >= 4 is 22.6 Å². The number of rotatable bonds is 4. The summed E-state index contributed by atoms with van der Waals surface area (Å²) >= 11 is 0. The lowest BCUT2D eigenvalue weighted by atomic mass is 9.76. The van der Waals surface area contributed by atoms with Crippen molar-refractivity contribution in [1.82, 2.24) is 5.32 Å². The van der Waals surface area contributed by atoms with Crippen molar-refractivity contribution in [2.75, 3.05) is 31.1 Å². The maximum atomic E-state index is 15.2. The number of anilines is 1. The predicted octanol–water partition coefficient (Wildman–Crippen LogP) is 3.55. The standard InChI is InChI=1S/C21H23F5N2O4/c22-20(23,12-3-5-19(31,11-29)6-4-12)10-28-8-7-27-18(30)17-16(28)14-9-13(21(24,25)26)1-2-15(14)32-17/h1-2,9,12,29,31H,3-8,10-11H2,(H,27,30). The number of nitrogens with one attached hydrogen (secondary N) is 1. The molecule has 1 amide bonds. The Kier molecular flexibility index (Phi) is 5.61. The lowest BCUT2D eigenvalue weighted by Crippen LogP contribution is -2.47. The van der Waals surface area contributed by atoms with E-state index >= 15 is 8.78 Å². The summed E-state index contributed by atoms with van der Waals surface area (Å²) in [7, 11) is 0. The summed E-state index contributed by atoms with van der Waals surface area (Å²) in [6.07, 6.45) is -4.61. The monoisotopic (exact) mass is 462 g/mol. The first-order valence-electron chi connectivity index (χ1n) is 10.3. The zero-order valence-corrected chi connectivity index (χ0v) is 17.0. The van der Waals surface area contributed by atoms with Gasteiger partial charge in [0.1, 0.15) is 5.58 Å². The van der Waals surface area contributed by atoms with Crippen LogP contribution < -0.4 is 10.2 Å². The van der Waals surface area contributed by atoms with Gasteiger partial charge >= 0.3 is 6.18 Å². The van der Waals surface area contributed by atoms with Gasteiger partial charge in [-0.15, -0.1) is 0 Å². The first-order valence-corrected chi connectivity index (χ1v) is 10.3. The molecule has 32 heavy (non-hydrogen) atoms. The Labute approximate surface area is 180 Å². The second-order valence-electron chi connectivity index (χ2n) is 8.58. The van der Waals surface area contributed by atoms with Crippen LogP contribution in [0, 0.1) is 5.92 Å². The summed E-state index contributed by atoms with van der Waals surface area (Å²) in [6.45, 7) is -1.33. The minimum atomic E-state index is -4.65. The van der Waals surface area contributed by atoms with Gasteiger partial charge in [-0.1, -0.05) is 0 Å². The second-order valence-corrected chi connectivity index (χ2v) is 8.58. The van der Waals surface area contributed by atoms with Gasteiger partial charge in [-0.25, -0.2) is 8.78 Å². The van der Waals surface area contributed by atoms with Crippen molar-refractivity contribution in [1.29, 1.82) is 0 Å². The Morgan fingerprint density at radius 2 is 1.88 bits per heavy atom. The molecule has 1 aliphatic carbocycles. The van der Waals surface area contributed by atoms with Gasteiger partial charge in [-0.2, -0.15) is 13.2 Å².